The first-order valence-electron chi connectivity index (χ1n) is 5.90. The highest BCUT2D eigenvalue weighted by atomic mass is 19.1. The topological polar surface area (TPSA) is 45.6 Å². The molecule has 0 radical (unpaired) electrons. The number of aliphatic hydroxyl groups is 1. The Kier molecular flexibility index (Phi) is 4.28. The molecular formula is C12H17FN2O2. The molecule has 0 unspecified atom stereocenters. The van der Waals surface area contributed by atoms with Crippen molar-refractivity contribution in [1.29, 1.82) is 0 Å². The SMILES string of the molecule is OCc1ccnc(OCCN2CCCC2)c1F. The summed E-state index contributed by atoms with van der Waals surface area (Å²) in [6, 6.07) is 1.45. The Morgan fingerprint density at radius 3 is 2.88 bits per heavy atom. The largest absolute Gasteiger partial charge is 0.474 e. The van der Waals surface area contributed by atoms with Crippen molar-refractivity contribution >= 4 is 0 Å². The third-order valence-electron chi connectivity index (χ3n) is 2.95. The minimum atomic E-state index is -0.559. The van der Waals surface area contributed by atoms with Gasteiger partial charge in [-0.25, -0.2) is 9.37 Å². The van der Waals surface area contributed by atoms with E-state index >= 15 is 0 Å². The van der Waals surface area contributed by atoms with Crippen LogP contribution in [0.1, 0.15) is 18.4 Å². The summed E-state index contributed by atoms with van der Waals surface area (Å²) in [4.78, 5) is 6.11. The van der Waals surface area contributed by atoms with Gasteiger partial charge in [-0.2, -0.15) is 0 Å². The number of nitrogens with zero attached hydrogens (tertiary/aromatic N) is 2. The maximum absolute atomic E-state index is 13.6. The van der Waals surface area contributed by atoms with Gasteiger partial charge >= 0.3 is 0 Å². The Balaban J connectivity index is 1.85. The molecule has 2 rings (SSSR count). The van der Waals surface area contributed by atoms with Crippen LogP contribution >= 0.6 is 0 Å². The fourth-order valence-corrected chi connectivity index (χ4v) is 1.96. The van der Waals surface area contributed by atoms with Crippen molar-refractivity contribution < 1.29 is 14.2 Å². The molecule has 4 nitrogen and oxygen atoms in total. The number of rotatable bonds is 5. The van der Waals surface area contributed by atoms with E-state index in [4.69, 9.17) is 9.84 Å². The fourth-order valence-electron chi connectivity index (χ4n) is 1.96. The maximum atomic E-state index is 13.6. The van der Waals surface area contributed by atoms with Gasteiger partial charge in [0.1, 0.15) is 6.61 Å². The summed E-state index contributed by atoms with van der Waals surface area (Å²) in [6.07, 6.45) is 3.90. The minimum Gasteiger partial charge on any atom is -0.474 e. The lowest BCUT2D eigenvalue weighted by molar-refractivity contribution is 0.221. The first kappa shape index (κ1) is 12.3. The van der Waals surface area contributed by atoms with Crippen LogP contribution in [0.5, 0.6) is 5.88 Å². The number of hydrogen-bond donors (Lipinski definition) is 1. The Bertz CT molecular complexity index is 368. The average Bonchev–Trinajstić information content (AvgIpc) is 2.84. The molecule has 1 aromatic rings. The van der Waals surface area contributed by atoms with E-state index in [1.54, 1.807) is 0 Å². The van der Waals surface area contributed by atoms with E-state index in [-0.39, 0.29) is 18.1 Å². The van der Waals surface area contributed by atoms with Crippen molar-refractivity contribution in [2.45, 2.75) is 19.4 Å². The molecule has 1 aliphatic heterocycles. The van der Waals surface area contributed by atoms with Crippen LogP contribution < -0.4 is 4.74 Å². The van der Waals surface area contributed by atoms with Gasteiger partial charge in [-0.3, -0.25) is 4.90 Å². The highest BCUT2D eigenvalue weighted by molar-refractivity contribution is 5.22. The zero-order valence-electron chi connectivity index (χ0n) is 9.73. The third-order valence-corrected chi connectivity index (χ3v) is 2.95. The monoisotopic (exact) mass is 240 g/mol. The molecule has 17 heavy (non-hydrogen) atoms. The lowest BCUT2D eigenvalue weighted by atomic mass is 10.3. The predicted molar refractivity (Wildman–Crippen MR) is 61.3 cm³/mol. The standard InChI is InChI=1S/C12H17FN2O2/c13-11-10(9-16)3-4-14-12(11)17-8-7-15-5-1-2-6-15/h3-4,16H,1-2,5-9H2. The molecule has 0 atom stereocenters. The van der Waals surface area contributed by atoms with Crippen LogP contribution in [0.4, 0.5) is 4.39 Å². The fraction of sp³-hybridized carbons (Fsp3) is 0.583. The van der Waals surface area contributed by atoms with Crippen LogP contribution in [0.15, 0.2) is 12.3 Å². The van der Waals surface area contributed by atoms with Crippen LogP contribution in [0, 0.1) is 5.82 Å². The molecule has 5 heteroatoms. The van der Waals surface area contributed by atoms with Gasteiger partial charge in [0.25, 0.3) is 5.88 Å². The van der Waals surface area contributed by atoms with Crippen LogP contribution in [-0.2, 0) is 6.61 Å². The average molecular weight is 240 g/mol. The summed E-state index contributed by atoms with van der Waals surface area (Å²) in [5.41, 5.74) is 0.219. The Morgan fingerprint density at radius 2 is 2.18 bits per heavy atom. The summed E-state index contributed by atoms with van der Waals surface area (Å²) in [5.74, 6) is -0.577. The van der Waals surface area contributed by atoms with Crippen LogP contribution in [0.25, 0.3) is 0 Å². The lowest BCUT2D eigenvalue weighted by Gasteiger charge is -2.14. The lowest BCUT2D eigenvalue weighted by Crippen LogP contribution is -2.25. The number of likely N-dealkylation sites (tertiary alicyclic amines) is 1. The molecule has 1 N–H and O–H groups in total. The first-order valence-corrected chi connectivity index (χ1v) is 5.90. The normalized spacial score (nSPS) is 16.4. The first-order chi connectivity index (χ1) is 8.31. The quantitative estimate of drug-likeness (QED) is 0.839. The molecule has 1 aromatic heterocycles. The number of hydrogen-bond acceptors (Lipinski definition) is 4. The number of ether oxygens (including phenoxy) is 1. The summed E-state index contributed by atoms with van der Waals surface area (Å²) >= 11 is 0. The predicted octanol–water partition coefficient (Wildman–Crippen LogP) is 1.19. The second-order valence-electron chi connectivity index (χ2n) is 4.14. The molecule has 1 aliphatic rings. The maximum Gasteiger partial charge on any atom is 0.250 e. The second kappa shape index (κ2) is 5.93. The van der Waals surface area contributed by atoms with Gasteiger partial charge in [-0.15, -0.1) is 0 Å². The van der Waals surface area contributed by atoms with E-state index in [1.807, 2.05) is 0 Å². The number of aliphatic hydroxyl groups excluding tert-OH is 1. The molecule has 0 amide bonds. The summed E-state index contributed by atoms with van der Waals surface area (Å²) in [7, 11) is 0. The zero-order valence-corrected chi connectivity index (χ0v) is 9.73. The third kappa shape index (κ3) is 3.14. The molecule has 2 heterocycles. The molecule has 0 saturated carbocycles. The molecule has 0 bridgehead atoms. The van der Waals surface area contributed by atoms with Crippen molar-refractivity contribution in [2.75, 3.05) is 26.2 Å². The zero-order chi connectivity index (χ0) is 12.1. The number of pyridine rings is 1. The van der Waals surface area contributed by atoms with E-state index in [2.05, 4.69) is 9.88 Å². The van der Waals surface area contributed by atoms with Crippen molar-refractivity contribution in [3.05, 3.63) is 23.6 Å². The van der Waals surface area contributed by atoms with Crippen molar-refractivity contribution in [3.63, 3.8) is 0 Å². The van der Waals surface area contributed by atoms with Gasteiger partial charge in [0.05, 0.1) is 6.61 Å². The van der Waals surface area contributed by atoms with Gasteiger partial charge in [0.2, 0.25) is 0 Å². The minimum absolute atomic E-state index is 0.0178. The van der Waals surface area contributed by atoms with Gasteiger partial charge in [0.15, 0.2) is 5.82 Å². The summed E-state index contributed by atoms with van der Waals surface area (Å²) < 4.78 is 18.9. The molecule has 1 saturated heterocycles. The van der Waals surface area contributed by atoms with E-state index in [9.17, 15) is 4.39 Å². The van der Waals surface area contributed by atoms with Gasteiger partial charge in [0, 0.05) is 18.3 Å². The Labute approximate surface area is 100 Å². The van der Waals surface area contributed by atoms with E-state index in [1.165, 1.54) is 25.1 Å². The van der Waals surface area contributed by atoms with Crippen molar-refractivity contribution in [1.82, 2.24) is 9.88 Å². The highest BCUT2D eigenvalue weighted by Crippen LogP contribution is 2.17. The van der Waals surface area contributed by atoms with Crippen LogP contribution in [0.2, 0.25) is 0 Å². The van der Waals surface area contributed by atoms with Gasteiger partial charge < -0.3 is 9.84 Å². The van der Waals surface area contributed by atoms with Crippen LogP contribution in [-0.4, -0.2) is 41.2 Å². The van der Waals surface area contributed by atoms with Crippen molar-refractivity contribution in [2.24, 2.45) is 0 Å². The van der Waals surface area contributed by atoms with E-state index in [0.717, 1.165) is 19.6 Å². The van der Waals surface area contributed by atoms with Crippen LogP contribution in [0.3, 0.4) is 0 Å². The van der Waals surface area contributed by atoms with E-state index < -0.39 is 5.82 Å². The van der Waals surface area contributed by atoms with E-state index in [0.29, 0.717) is 6.61 Å². The van der Waals surface area contributed by atoms with Crippen molar-refractivity contribution in [3.8, 4) is 5.88 Å². The van der Waals surface area contributed by atoms with Gasteiger partial charge in [-0.05, 0) is 32.0 Å². The Hall–Kier alpha value is -1.20. The molecule has 1 fully saturated rings. The summed E-state index contributed by atoms with van der Waals surface area (Å²) in [5, 5.41) is 8.91. The molecule has 0 aliphatic carbocycles. The number of aromatic nitrogens is 1. The Morgan fingerprint density at radius 1 is 1.41 bits per heavy atom. The number of halogens is 1. The second-order valence-corrected chi connectivity index (χ2v) is 4.14. The molecule has 0 spiro atoms. The summed E-state index contributed by atoms with van der Waals surface area (Å²) in [6.45, 7) is 3.08. The van der Waals surface area contributed by atoms with Gasteiger partial charge in [-0.1, -0.05) is 0 Å². The molecule has 94 valence electrons. The smallest absolute Gasteiger partial charge is 0.250 e. The molecule has 0 aromatic carbocycles. The molecular weight excluding hydrogens is 223 g/mol. The highest BCUT2D eigenvalue weighted by Gasteiger charge is 2.13.